The van der Waals surface area contributed by atoms with E-state index in [1.165, 1.54) is 0 Å². The summed E-state index contributed by atoms with van der Waals surface area (Å²) in [7, 11) is 0. The van der Waals surface area contributed by atoms with E-state index in [1.54, 1.807) is 6.08 Å². The zero-order valence-corrected chi connectivity index (χ0v) is 10.0. The molecule has 0 spiro atoms. The van der Waals surface area contributed by atoms with Gasteiger partial charge in [-0.05, 0) is 19.3 Å². The molecule has 0 aliphatic rings. The number of aliphatic carboxylic acids is 1. The van der Waals surface area contributed by atoms with Gasteiger partial charge in [-0.15, -0.1) is 6.58 Å². The first-order valence-corrected chi connectivity index (χ1v) is 5.67. The third-order valence-electron chi connectivity index (χ3n) is 2.44. The number of hydrogen-bond donors (Lipinski definition) is 2. The number of carbonyl (C=O) groups is 2. The SMILES string of the molecule is C=CCCC(NC(=O)C(C)CCC)C(=O)O. The molecular formula is C12H21NO3. The van der Waals surface area contributed by atoms with Crippen LogP contribution in [0.1, 0.15) is 39.5 Å². The number of rotatable bonds is 8. The Hall–Kier alpha value is -1.32. The first-order valence-electron chi connectivity index (χ1n) is 5.67. The molecular weight excluding hydrogens is 206 g/mol. The monoisotopic (exact) mass is 227 g/mol. The molecule has 2 atom stereocenters. The largest absolute Gasteiger partial charge is 0.480 e. The molecule has 0 aliphatic carbocycles. The molecule has 0 rings (SSSR count). The van der Waals surface area contributed by atoms with E-state index in [9.17, 15) is 9.59 Å². The lowest BCUT2D eigenvalue weighted by molar-refractivity contribution is -0.142. The third-order valence-corrected chi connectivity index (χ3v) is 2.44. The van der Waals surface area contributed by atoms with E-state index >= 15 is 0 Å². The maximum absolute atomic E-state index is 11.6. The Morgan fingerprint density at radius 3 is 2.50 bits per heavy atom. The summed E-state index contributed by atoms with van der Waals surface area (Å²) in [6.07, 6.45) is 4.32. The Morgan fingerprint density at radius 1 is 1.44 bits per heavy atom. The summed E-state index contributed by atoms with van der Waals surface area (Å²) in [4.78, 5) is 22.5. The van der Waals surface area contributed by atoms with Crippen molar-refractivity contribution in [3.05, 3.63) is 12.7 Å². The molecule has 0 aromatic carbocycles. The van der Waals surface area contributed by atoms with Gasteiger partial charge in [-0.25, -0.2) is 4.79 Å². The van der Waals surface area contributed by atoms with Crippen LogP contribution in [0.2, 0.25) is 0 Å². The quantitative estimate of drug-likeness (QED) is 0.623. The first-order chi connectivity index (χ1) is 7.52. The molecule has 4 heteroatoms. The maximum atomic E-state index is 11.6. The topological polar surface area (TPSA) is 66.4 Å². The molecule has 16 heavy (non-hydrogen) atoms. The lowest BCUT2D eigenvalue weighted by Gasteiger charge is -2.16. The van der Waals surface area contributed by atoms with E-state index in [4.69, 9.17) is 5.11 Å². The summed E-state index contributed by atoms with van der Waals surface area (Å²) in [6, 6.07) is -0.801. The second-order valence-electron chi connectivity index (χ2n) is 3.96. The summed E-state index contributed by atoms with van der Waals surface area (Å²) in [5, 5.41) is 11.5. The van der Waals surface area contributed by atoms with Crippen LogP contribution in [-0.4, -0.2) is 23.0 Å². The maximum Gasteiger partial charge on any atom is 0.326 e. The predicted octanol–water partition coefficient (Wildman–Crippen LogP) is 1.96. The van der Waals surface area contributed by atoms with Crippen LogP contribution in [-0.2, 0) is 9.59 Å². The van der Waals surface area contributed by atoms with Crippen molar-refractivity contribution in [3.8, 4) is 0 Å². The van der Waals surface area contributed by atoms with E-state index in [0.717, 1.165) is 12.8 Å². The average molecular weight is 227 g/mol. The van der Waals surface area contributed by atoms with Crippen LogP contribution in [0, 0.1) is 5.92 Å². The van der Waals surface area contributed by atoms with Crippen molar-refractivity contribution in [2.24, 2.45) is 5.92 Å². The predicted molar refractivity (Wildman–Crippen MR) is 63.1 cm³/mol. The third kappa shape index (κ3) is 5.53. The number of carboxylic acid groups (broad SMARTS) is 1. The van der Waals surface area contributed by atoms with Gasteiger partial charge in [0.15, 0.2) is 0 Å². The molecule has 0 heterocycles. The zero-order chi connectivity index (χ0) is 12.6. The lowest BCUT2D eigenvalue weighted by atomic mass is 10.0. The van der Waals surface area contributed by atoms with Crippen molar-refractivity contribution < 1.29 is 14.7 Å². The van der Waals surface area contributed by atoms with Crippen LogP contribution in [0.3, 0.4) is 0 Å². The van der Waals surface area contributed by atoms with E-state index in [1.807, 2.05) is 13.8 Å². The van der Waals surface area contributed by atoms with Gasteiger partial charge in [0.05, 0.1) is 0 Å². The van der Waals surface area contributed by atoms with E-state index < -0.39 is 12.0 Å². The summed E-state index contributed by atoms with van der Waals surface area (Å²) in [5.74, 6) is -1.30. The second kappa shape index (κ2) is 7.91. The number of amides is 1. The van der Waals surface area contributed by atoms with Crippen molar-refractivity contribution in [1.82, 2.24) is 5.32 Å². The minimum absolute atomic E-state index is 0.129. The smallest absolute Gasteiger partial charge is 0.326 e. The van der Waals surface area contributed by atoms with Crippen LogP contribution < -0.4 is 5.32 Å². The molecule has 0 bridgehead atoms. The van der Waals surface area contributed by atoms with Crippen LogP contribution >= 0.6 is 0 Å². The van der Waals surface area contributed by atoms with Gasteiger partial charge in [0.1, 0.15) is 6.04 Å². The minimum atomic E-state index is -0.987. The zero-order valence-electron chi connectivity index (χ0n) is 10.0. The number of hydrogen-bond acceptors (Lipinski definition) is 2. The molecule has 0 saturated carbocycles. The van der Waals surface area contributed by atoms with Crippen molar-refractivity contribution >= 4 is 11.9 Å². The van der Waals surface area contributed by atoms with E-state index in [0.29, 0.717) is 12.8 Å². The number of carboxylic acids is 1. The summed E-state index contributed by atoms with van der Waals surface area (Å²) >= 11 is 0. The van der Waals surface area contributed by atoms with Gasteiger partial charge in [0.2, 0.25) is 5.91 Å². The van der Waals surface area contributed by atoms with Gasteiger partial charge in [-0.2, -0.15) is 0 Å². The molecule has 4 nitrogen and oxygen atoms in total. The van der Waals surface area contributed by atoms with Crippen molar-refractivity contribution in [2.45, 2.75) is 45.6 Å². The highest BCUT2D eigenvalue weighted by atomic mass is 16.4. The van der Waals surface area contributed by atoms with Gasteiger partial charge in [-0.1, -0.05) is 26.3 Å². The Bertz CT molecular complexity index is 251. The average Bonchev–Trinajstić information content (AvgIpc) is 2.23. The lowest BCUT2D eigenvalue weighted by Crippen LogP contribution is -2.43. The fourth-order valence-corrected chi connectivity index (χ4v) is 1.42. The molecule has 2 N–H and O–H groups in total. The molecule has 0 radical (unpaired) electrons. The molecule has 0 aromatic heterocycles. The number of allylic oxidation sites excluding steroid dienone is 1. The number of carbonyl (C=O) groups excluding carboxylic acids is 1. The molecule has 0 fully saturated rings. The van der Waals surface area contributed by atoms with E-state index in [2.05, 4.69) is 11.9 Å². The van der Waals surface area contributed by atoms with Crippen LogP contribution in [0.4, 0.5) is 0 Å². The standard InChI is InChI=1S/C12H21NO3/c1-4-6-8-10(12(15)16)13-11(14)9(3)7-5-2/h4,9-10H,1,5-8H2,2-3H3,(H,13,14)(H,15,16). The highest BCUT2D eigenvalue weighted by Crippen LogP contribution is 2.06. The molecule has 0 aliphatic heterocycles. The van der Waals surface area contributed by atoms with Crippen molar-refractivity contribution in [3.63, 3.8) is 0 Å². The Kier molecular flexibility index (Phi) is 7.25. The normalized spacial score (nSPS) is 13.9. The molecule has 92 valence electrons. The van der Waals surface area contributed by atoms with Gasteiger partial charge < -0.3 is 10.4 Å². The fourth-order valence-electron chi connectivity index (χ4n) is 1.42. The Labute approximate surface area is 96.7 Å². The second-order valence-corrected chi connectivity index (χ2v) is 3.96. The summed E-state index contributed by atoms with van der Waals surface area (Å²) in [5.41, 5.74) is 0. The van der Waals surface area contributed by atoms with Crippen LogP contribution in [0.25, 0.3) is 0 Å². The van der Waals surface area contributed by atoms with Gasteiger partial charge >= 0.3 is 5.97 Å². The van der Waals surface area contributed by atoms with Gasteiger partial charge in [0, 0.05) is 5.92 Å². The van der Waals surface area contributed by atoms with Crippen molar-refractivity contribution in [1.29, 1.82) is 0 Å². The van der Waals surface area contributed by atoms with Crippen LogP contribution in [0.15, 0.2) is 12.7 Å². The molecule has 2 unspecified atom stereocenters. The minimum Gasteiger partial charge on any atom is -0.480 e. The van der Waals surface area contributed by atoms with Gasteiger partial charge in [-0.3, -0.25) is 4.79 Å². The van der Waals surface area contributed by atoms with E-state index in [-0.39, 0.29) is 11.8 Å². The summed E-state index contributed by atoms with van der Waals surface area (Å²) in [6.45, 7) is 7.34. The number of nitrogens with one attached hydrogen (secondary N) is 1. The molecule has 0 saturated heterocycles. The fraction of sp³-hybridized carbons (Fsp3) is 0.667. The van der Waals surface area contributed by atoms with Gasteiger partial charge in [0.25, 0.3) is 0 Å². The highest BCUT2D eigenvalue weighted by molar-refractivity contribution is 5.84. The Morgan fingerprint density at radius 2 is 2.06 bits per heavy atom. The Balaban J connectivity index is 4.22. The van der Waals surface area contributed by atoms with Crippen molar-refractivity contribution in [2.75, 3.05) is 0 Å². The highest BCUT2D eigenvalue weighted by Gasteiger charge is 2.21. The first kappa shape index (κ1) is 14.7. The summed E-state index contributed by atoms with van der Waals surface area (Å²) < 4.78 is 0. The molecule has 1 amide bonds. The van der Waals surface area contributed by atoms with Crippen LogP contribution in [0.5, 0.6) is 0 Å². The molecule has 0 aromatic rings.